The molecule has 1 N–H and O–H groups in total. The van der Waals surface area contributed by atoms with Crippen LogP contribution in [0.2, 0.25) is 0 Å². The average Bonchev–Trinajstić information content (AvgIpc) is 2.59. The molecule has 0 radical (unpaired) electrons. The zero-order valence-corrected chi connectivity index (χ0v) is 14.8. The van der Waals surface area contributed by atoms with Gasteiger partial charge in [-0.25, -0.2) is 4.79 Å². The molecule has 1 aromatic rings. The molecule has 5 nitrogen and oxygen atoms in total. The molecule has 0 fully saturated rings. The van der Waals surface area contributed by atoms with E-state index >= 15 is 0 Å². The quantitative estimate of drug-likeness (QED) is 0.748. The molecule has 0 aliphatic heterocycles. The fourth-order valence-electron chi connectivity index (χ4n) is 2.43. The van der Waals surface area contributed by atoms with Crippen molar-refractivity contribution in [2.75, 3.05) is 25.1 Å². The number of hydrogen-bond donors (Lipinski definition) is 1. The van der Waals surface area contributed by atoms with Gasteiger partial charge in [-0.15, -0.1) is 0 Å². The number of hydrogen-bond acceptors (Lipinski definition) is 4. The normalized spacial score (nSPS) is 13.1. The minimum absolute atomic E-state index is 0.0151. The van der Waals surface area contributed by atoms with Crippen LogP contribution in [0.25, 0.3) is 0 Å². The first-order valence-electron chi connectivity index (χ1n) is 8.22. The van der Waals surface area contributed by atoms with Gasteiger partial charge in [-0.3, -0.25) is 4.79 Å². The molecular weight excluding hydrogens is 292 g/mol. The minimum Gasteiger partial charge on any atom is -0.467 e. The Morgan fingerprint density at radius 2 is 1.70 bits per heavy atom. The van der Waals surface area contributed by atoms with Crippen molar-refractivity contribution in [2.24, 2.45) is 5.92 Å². The van der Waals surface area contributed by atoms with E-state index in [4.69, 9.17) is 4.74 Å². The topological polar surface area (TPSA) is 58.6 Å². The summed E-state index contributed by atoms with van der Waals surface area (Å²) in [7, 11) is 1.34. The van der Waals surface area contributed by atoms with Crippen LogP contribution in [0.1, 0.15) is 44.5 Å². The number of esters is 1. The van der Waals surface area contributed by atoms with Crippen molar-refractivity contribution in [3.63, 3.8) is 0 Å². The second-order valence-corrected chi connectivity index (χ2v) is 5.58. The first-order chi connectivity index (χ1) is 11.0. The van der Waals surface area contributed by atoms with Crippen molar-refractivity contribution in [1.29, 1.82) is 0 Å². The van der Waals surface area contributed by atoms with Crippen molar-refractivity contribution in [3.05, 3.63) is 29.8 Å². The summed E-state index contributed by atoms with van der Waals surface area (Å²) in [4.78, 5) is 26.4. The van der Waals surface area contributed by atoms with Gasteiger partial charge in [0, 0.05) is 24.3 Å². The molecule has 0 spiro atoms. The number of amides is 1. The zero-order valence-electron chi connectivity index (χ0n) is 14.8. The summed E-state index contributed by atoms with van der Waals surface area (Å²) in [5.74, 6) is -0.652. The van der Waals surface area contributed by atoms with E-state index in [-0.39, 0.29) is 11.8 Å². The highest BCUT2D eigenvalue weighted by atomic mass is 16.5. The molecule has 0 unspecified atom stereocenters. The number of benzene rings is 1. The van der Waals surface area contributed by atoms with Gasteiger partial charge < -0.3 is 15.0 Å². The smallest absolute Gasteiger partial charge is 0.328 e. The maximum atomic E-state index is 12.4. The lowest BCUT2D eigenvalue weighted by atomic mass is 9.99. The van der Waals surface area contributed by atoms with Crippen LogP contribution >= 0.6 is 0 Å². The van der Waals surface area contributed by atoms with Crippen LogP contribution < -0.4 is 10.2 Å². The molecule has 2 atom stereocenters. The third kappa shape index (κ3) is 4.98. The molecule has 0 aliphatic rings. The van der Waals surface area contributed by atoms with Gasteiger partial charge in [0.15, 0.2) is 0 Å². The standard InChI is InChI=1S/C18H28N2O3/c1-6-13(4)16(18(22)23-5)19-17(21)14-9-11-15(12-10-14)20(7-2)8-3/h9-13,16H,6-8H2,1-5H3,(H,19,21)/t13-,16+/m1/s1. The second-order valence-electron chi connectivity index (χ2n) is 5.58. The summed E-state index contributed by atoms with van der Waals surface area (Å²) >= 11 is 0. The lowest BCUT2D eigenvalue weighted by Crippen LogP contribution is -2.45. The Balaban J connectivity index is 2.85. The Morgan fingerprint density at radius 1 is 1.13 bits per heavy atom. The zero-order chi connectivity index (χ0) is 17.4. The maximum Gasteiger partial charge on any atom is 0.328 e. The fourth-order valence-corrected chi connectivity index (χ4v) is 2.43. The van der Waals surface area contributed by atoms with Gasteiger partial charge >= 0.3 is 5.97 Å². The van der Waals surface area contributed by atoms with Crippen molar-refractivity contribution >= 4 is 17.6 Å². The Morgan fingerprint density at radius 3 is 2.13 bits per heavy atom. The molecule has 128 valence electrons. The second kappa shape index (κ2) is 9.18. The molecule has 0 saturated heterocycles. The Labute approximate surface area is 139 Å². The largest absolute Gasteiger partial charge is 0.467 e. The summed E-state index contributed by atoms with van der Waals surface area (Å²) in [6, 6.07) is 6.80. The molecule has 5 heteroatoms. The fraction of sp³-hybridized carbons (Fsp3) is 0.556. The van der Waals surface area contributed by atoms with Crippen molar-refractivity contribution < 1.29 is 14.3 Å². The molecule has 1 amide bonds. The van der Waals surface area contributed by atoms with Crippen LogP contribution in [0.15, 0.2) is 24.3 Å². The molecule has 0 bridgehead atoms. The third-order valence-electron chi connectivity index (χ3n) is 4.21. The van der Waals surface area contributed by atoms with Crippen LogP contribution in [0, 0.1) is 5.92 Å². The number of ether oxygens (including phenoxy) is 1. The average molecular weight is 320 g/mol. The highest BCUT2D eigenvalue weighted by Gasteiger charge is 2.27. The SMILES string of the molecule is CC[C@@H](C)[C@H](NC(=O)c1ccc(N(CC)CC)cc1)C(=O)OC. The van der Waals surface area contributed by atoms with Crippen LogP contribution in [0.3, 0.4) is 0 Å². The molecule has 0 saturated carbocycles. The first-order valence-corrected chi connectivity index (χ1v) is 8.22. The minimum atomic E-state index is -0.625. The van der Waals surface area contributed by atoms with Crippen molar-refractivity contribution in [2.45, 2.75) is 40.2 Å². The monoisotopic (exact) mass is 320 g/mol. The number of nitrogens with zero attached hydrogens (tertiary/aromatic N) is 1. The number of rotatable bonds is 8. The maximum absolute atomic E-state index is 12.4. The molecule has 0 aliphatic carbocycles. The summed E-state index contributed by atoms with van der Waals surface area (Å²) in [6.07, 6.45) is 0.779. The van der Waals surface area contributed by atoms with Gasteiger partial charge in [-0.1, -0.05) is 20.3 Å². The Hall–Kier alpha value is -2.04. The first kappa shape index (κ1) is 19.0. The van der Waals surface area contributed by atoms with Gasteiger partial charge in [0.25, 0.3) is 5.91 Å². The van der Waals surface area contributed by atoms with Crippen molar-refractivity contribution in [3.8, 4) is 0 Å². The molecule has 0 heterocycles. The van der Waals surface area contributed by atoms with E-state index in [1.54, 1.807) is 12.1 Å². The Bertz CT molecular complexity index is 510. The summed E-state index contributed by atoms with van der Waals surface area (Å²) in [6.45, 7) is 9.92. The van der Waals surface area contributed by atoms with E-state index in [1.165, 1.54) is 7.11 Å². The Kier molecular flexibility index (Phi) is 7.59. The van der Waals surface area contributed by atoms with Crippen molar-refractivity contribution in [1.82, 2.24) is 5.32 Å². The number of nitrogens with one attached hydrogen (secondary N) is 1. The van der Waals surface area contributed by atoms with E-state index in [0.717, 1.165) is 25.2 Å². The van der Waals surface area contributed by atoms with E-state index in [0.29, 0.717) is 5.56 Å². The summed E-state index contributed by atoms with van der Waals surface area (Å²) < 4.78 is 4.79. The van der Waals surface area contributed by atoms with Gasteiger partial charge in [0.2, 0.25) is 0 Å². The predicted octanol–water partition coefficient (Wildman–Crippen LogP) is 2.85. The van der Waals surface area contributed by atoms with Gasteiger partial charge in [-0.2, -0.15) is 0 Å². The lowest BCUT2D eigenvalue weighted by Gasteiger charge is -2.23. The highest BCUT2D eigenvalue weighted by Crippen LogP contribution is 2.16. The molecule has 1 rings (SSSR count). The van der Waals surface area contributed by atoms with E-state index < -0.39 is 12.0 Å². The molecule has 23 heavy (non-hydrogen) atoms. The third-order valence-corrected chi connectivity index (χ3v) is 4.21. The van der Waals surface area contributed by atoms with Crippen LogP contribution in [-0.2, 0) is 9.53 Å². The molecular formula is C18H28N2O3. The number of carbonyl (C=O) groups excluding carboxylic acids is 2. The van der Waals surface area contributed by atoms with E-state index in [9.17, 15) is 9.59 Å². The van der Waals surface area contributed by atoms with Crippen LogP contribution in [0.4, 0.5) is 5.69 Å². The summed E-state index contributed by atoms with van der Waals surface area (Å²) in [5, 5.41) is 2.78. The lowest BCUT2D eigenvalue weighted by molar-refractivity contribution is -0.144. The molecule has 0 aromatic heterocycles. The van der Waals surface area contributed by atoms with Gasteiger partial charge in [-0.05, 0) is 44.0 Å². The summed E-state index contributed by atoms with van der Waals surface area (Å²) in [5.41, 5.74) is 1.62. The van der Waals surface area contributed by atoms with Gasteiger partial charge in [0.1, 0.15) is 6.04 Å². The van der Waals surface area contributed by atoms with Crippen LogP contribution in [-0.4, -0.2) is 38.1 Å². The number of methoxy groups -OCH3 is 1. The highest BCUT2D eigenvalue weighted by molar-refractivity contribution is 5.97. The van der Waals surface area contributed by atoms with Gasteiger partial charge in [0.05, 0.1) is 7.11 Å². The van der Waals surface area contributed by atoms with Crippen LogP contribution in [0.5, 0.6) is 0 Å². The van der Waals surface area contributed by atoms with E-state index in [2.05, 4.69) is 24.1 Å². The van der Waals surface area contributed by atoms with E-state index in [1.807, 2.05) is 26.0 Å². The molecule has 1 aromatic carbocycles. The number of anilines is 1. The number of carbonyl (C=O) groups is 2. The predicted molar refractivity (Wildman–Crippen MR) is 92.7 cm³/mol.